The first-order valence-electron chi connectivity index (χ1n) is 5.92. The number of ether oxygens (including phenoxy) is 3. The zero-order valence-corrected chi connectivity index (χ0v) is 11.4. The predicted octanol–water partition coefficient (Wildman–Crippen LogP) is 0.738. The van der Waals surface area contributed by atoms with Crippen LogP contribution in [0.25, 0.3) is 0 Å². The summed E-state index contributed by atoms with van der Waals surface area (Å²) < 4.78 is 14.1. The molecule has 0 spiro atoms. The highest BCUT2D eigenvalue weighted by molar-refractivity contribution is 5.80. The van der Waals surface area contributed by atoms with E-state index in [1.54, 1.807) is 12.1 Å². The maximum absolute atomic E-state index is 9.84. The zero-order chi connectivity index (χ0) is 15.2. The number of rotatable bonds is 7. The van der Waals surface area contributed by atoms with E-state index in [0.717, 1.165) is 6.08 Å². The molecule has 0 aliphatic heterocycles. The molecule has 0 radical (unpaired) electrons. The quantitative estimate of drug-likeness (QED) is 0.332. The standard InChI is InChI=1S/C10H14O4.C4H6O2/c11-6-7-13-8-10(12)14-9-4-2-1-3-5-9;1-3-4(5)6-2/h1-5,10-12H,6-8H2;3H,1H2,2H3. The fraction of sp³-hybridized carbons (Fsp3) is 0.357. The summed E-state index contributed by atoms with van der Waals surface area (Å²) in [5.74, 6) is 0.197. The molecule has 1 rings (SSSR count). The Labute approximate surface area is 118 Å². The summed E-state index contributed by atoms with van der Waals surface area (Å²) in [5, 5.41) is 17.7. The van der Waals surface area contributed by atoms with Crippen molar-refractivity contribution in [2.24, 2.45) is 0 Å². The molecule has 0 bridgehead atoms. The molecular formula is C14H20O6. The second-order valence-electron chi connectivity index (χ2n) is 3.41. The Bertz CT molecular complexity index is 365. The maximum Gasteiger partial charge on any atom is 0.329 e. The number of para-hydroxylation sites is 1. The number of aliphatic hydroxyl groups is 2. The van der Waals surface area contributed by atoms with Crippen LogP contribution in [0.3, 0.4) is 0 Å². The molecule has 0 saturated carbocycles. The third-order valence-electron chi connectivity index (χ3n) is 1.88. The van der Waals surface area contributed by atoms with Crippen molar-refractivity contribution < 1.29 is 29.2 Å². The highest BCUT2D eigenvalue weighted by atomic mass is 16.6. The van der Waals surface area contributed by atoms with Crippen molar-refractivity contribution in [3.8, 4) is 5.75 Å². The van der Waals surface area contributed by atoms with Gasteiger partial charge in [-0.15, -0.1) is 0 Å². The number of esters is 1. The van der Waals surface area contributed by atoms with E-state index in [9.17, 15) is 9.90 Å². The van der Waals surface area contributed by atoms with Gasteiger partial charge in [0.25, 0.3) is 0 Å². The minimum Gasteiger partial charge on any atom is -0.466 e. The molecule has 20 heavy (non-hydrogen) atoms. The van der Waals surface area contributed by atoms with E-state index < -0.39 is 12.3 Å². The van der Waals surface area contributed by atoms with Gasteiger partial charge in [-0.2, -0.15) is 0 Å². The molecule has 6 nitrogen and oxygen atoms in total. The van der Waals surface area contributed by atoms with Gasteiger partial charge in [-0.25, -0.2) is 4.79 Å². The summed E-state index contributed by atoms with van der Waals surface area (Å²) in [6.45, 7) is 3.35. The van der Waals surface area contributed by atoms with Crippen LogP contribution in [0.2, 0.25) is 0 Å². The van der Waals surface area contributed by atoms with Gasteiger partial charge in [-0.1, -0.05) is 24.8 Å². The van der Waals surface area contributed by atoms with E-state index in [1.165, 1.54) is 7.11 Å². The molecule has 0 aromatic heterocycles. The van der Waals surface area contributed by atoms with Gasteiger partial charge in [0.15, 0.2) is 0 Å². The van der Waals surface area contributed by atoms with Crippen molar-refractivity contribution in [2.75, 3.05) is 26.9 Å². The molecular weight excluding hydrogens is 264 g/mol. The van der Waals surface area contributed by atoms with Crippen LogP contribution in [0.15, 0.2) is 43.0 Å². The van der Waals surface area contributed by atoms with Crippen molar-refractivity contribution in [1.82, 2.24) is 0 Å². The lowest BCUT2D eigenvalue weighted by Crippen LogP contribution is -2.23. The van der Waals surface area contributed by atoms with Gasteiger partial charge < -0.3 is 24.4 Å². The zero-order valence-electron chi connectivity index (χ0n) is 11.4. The Balaban J connectivity index is 0.000000511. The molecule has 1 atom stereocenters. The minimum atomic E-state index is -0.996. The van der Waals surface area contributed by atoms with Crippen molar-refractivity contribution in [3.05, 3.63) is 43.0 Å². The van der Waals surface area contributed by atoms with Crippen molar-refractivity contribution >= 4 is 5.97 Å². The van der Waals surface area contributed by atoms with Gasteiger partial charge in [-0.05, 0) is 12.1 Å². The number of carbonyl (C=O) groups excluding carboxylic acids is 1. The predicted molar refractivity (Wildman–Crippen MR) is 73.2 cm³/mol. The summed E-state index contributed by atoms with van der Waals surface area (Å²) in [6, 6.07) is 8.99. The van der Waals surface area contributed by atoms with Gasteiger partial charge >= 0.3 is 5.97 Å². The van der Waals surface area contributed by atoms with Crippen LogP contribution in [0, 0.1) is 0 Å². The minimum absolute atomic E-state index is 0.0510. The molecule has 6 heteroatoms. The molecule has 1 aromatic rings. The number of aliphatic hydroxyl groups excluding tert-OH is 2. The number of methoxy groups -OCH3 is 1. The largest absolute Gasteiger partial charge is 0.466 e. The highest BCUT2D eigenvalue weighted by Gasteiger charge is 2.04. The Kier molecular flexibility index (Phi) is 11.0. The molecule has 0 aliphatic rings. The lowest BCUT2D eigenvalue weighted by molar-refractivity contribution is -0.134. The lowest BCUT2D eigenvalue weighted by atomic mass is 10.3. The third-order valence-corrected chi connectivity index (χ3v) is 1.88. The van der Waals surface area contributed by atoms with Crippen LogP contribution in [0.1, 0.15) is 0 Å². The van der Waals surface area contributed by atoms with Crippen molar-refractivity contribution in [2.45, 2.75) is 6.29 Å². The van der Waals surface area contributed by atoms with E-state index in [1.807, 2.05) is 18.2 Å². The Morgan fingerprint density at radius 3 is 2.50 bits per heavy atom. The molecule has 2 N–H and O–H groups in total. The Hall–Kier alpha value is -1.89. The van der Waals surface area contributed by atoms with E-state index >= 15 is 0 Å². The van der Waals surface area contributed by atoms with E-state index in [-0.39, 0.29) is 19.8 Å². The van der Waals surface area contributed by atoms with Gasteiger partial charge in [0.05, 0.1) is 20.3 Å². The molecule has 1 unspecified atom stereocenters. The first kappa shape index (κ1) is 18.1. The third kappa shape index (κ3) is 10.1. The van der Waals surface area contributed by atoms with Crippen LogP contribution in [0.4, 0.5) is 0 Å². The molecule has 0 fully saturated rings. The highest BCUT2D eigenvalue weighted by Crippen LogP contribution is 2.09. The van der Waals surface area contributed by atoms with E-state index in [4.69, 9.17) is 14.6 Å². The SMILES string of the molecule is C=CC(=O)OC.OCCOCC(O)Oc1ccccc1. The summed E-state index contributed by atoms with van der Waals surface area (Å²) in [4.78, 5) is 9.84. The summed E-state index contributed by atoms with van der Waals surface area (Å²) in [7, 11) is 1.31. The first-order valence-corrected chi connectivity index (χ1v) is 5.92. The summed E-state index contributed by atoms with van der Waals surface area (Å²) in [5.41, 5.74) is 0. The average Bonchev–Trinajstić information content (AvgIpc) is 2.48. The fourth-order valence-corrected chi connectivity index (χ4v) is 1.02. The van der Waals surface area contributed by atoms with Gasteiger partial charge in [0, 0.05) is 6.08 Å². The molecule has 112 valence electrons. The number of benzene rings is 1. The number of hydrogen-bond acceptors (Lipinski definition) is 6. The van der Waals surface area contributed by atoms with E-state index in [2.05, 4.69) is 11.3 Å². The van der Waals surface area contributed by atoms with Crippen LogP contribution in [0.5, 0.6) is 5.75 Å². The average molecular weight is 284 g/mol. The maximum atomic E-state index is 9.84. The monoisotopic (exact) mass is 284 g/mol. The molecule has 0 aliphatic carbocycles. The Morgan fingerprint density at radius 2 is 2.05 bits per heavy atom. The second-order valence-corrected chi connectivity index (χ2v) is 3.41. The molecule has 0 saturated heterocycles. The fourth-order valence-electron chi connectivity index (χ4n) is 1.02. The van der Waals surface area contributed by atoms with Crippen LogP contribution >= 0.6 is 0 Å². The summed E-state index contributed by atoms with van der Waals surface area (Å²) >= 11 is 0. The molecule has 0 amide bonds. The number of hydrogen-bond donors (Lipinski definition) is 2. The van der Waals surface area contributed by atoms with Crippen LogP contribution in [-0.2, 0) is 14.3 Å². The first-order chi connectivity index (χ1) is 9.63. The summed E-state index contributed by atoms with van der Waals surface area (Å²) in [6.07, 6.45) is 0.115. The van der Waals surface area contributed by atoms with Gasteiger partial charge in [-0.3, -0.25) is 0 Å². The smallest absolute Gasteiger partial charge is 0.329 e. The van der Waals surface area contributed by atoms with Gasteiger partial charge in [0.2, 0.25) is 6.29 Å². The molecule has 1 aromatic carbocycles. The second kappa shape index (κ2) is 12.2. The van der Waals surface area contributed by atoms with Crippen molar-refractivity contribution in [1.29, 1.82) is 0 Å². The lowest BCUT2D eigenvalue weighted by Gasteiger charge is -2.12. The van der Waals surface area contributed by atoms with Crippen molar-refractivity contribution in [3.63, 3.8) is 0 Å². The normalized spacial score (nSPS) is 10.8. The van der Waals surface area contributed by atoms with Gasteiger partial charge in [0.1, 0.15) is 12.4 Å². The topological polar surface area (TPSA) is 85.2 Å². The van der Waals surface area contributed by atoms with E-state index in [0.29, 0.717) is 5.75 Å². The van der Waals surface area contributed by atoms with Crippen LogP contribution < -0.4 is 4.74 Å². The van der Waals surface area contributed by atoms with Crippen LogP contribution in [-0.4, -0.2) is 49.4 Å². The number of carbonyl (C=O) groups is 1. The molecule has 0 heterocycles. The Morgan fingerprint density at radius 1 is 1.40 bits per heavy atom.